The lowest BCUT2D eigenvalue weighted by molar-refractivity contribution is -0.0410. The fourth-order valence-corrected chi connectivity index (χ4v) is 2.26. The van der Waals surface area contributed by atoms with Crippen molar-refractivity contribution in [3.63, 3.8) is 0 Å². The van der Waals surface area contributed by atoms with Crippen molar-refractivity contribution < 1.29 is 4.84 Å². The van der Waals surface area contributed by atoms with E-state index in [9.17, 15) is 0 Å². The van der Waals surface area contributed by atoms with Crippen LogP contribution in [0.4, 0.5) is 0 Å². The maximum absolute atomic E-state index is 5.80. The van der Waals surface area contributed by atoms with Gasteiger partial charge in [-0.05, 0) is 23.6 Å². The van der Waals surface area contributed by atoms with Gasteiger partial charge in [-0.3, -0.25) is 0 Å². The van der Waals surface area contributed by atoms with Gasteiger partial charge < -0.3 is 10.6 Å². The first-order valence-corrected chi connectivity index (χ1v) is 7.14. The van der Waals surface area contributed by atoms with Crippen molar-refractivity contribution in [2.45, 2.75) is 32.3 Å². The zero-order chi connectivity index (χ0) is 14.4. The second kappa shape index (κ2) is 8.01. The Morgan fingerprint density at radius 3 is 2.43 bits per heavy atom. The van der Waals surface area contributed by atoms with Crippen LogP contribution >= 0.6 is 12.4 Å². The summed E-state index contributed by atoms with van der Waals surface area (Å²) in [6, 6.07) is 14.4. The van der Waals surface area contributed by atoms with Gasteiger partial charge in [0, 0.05) is 12.1 Å². The van der Waals surface area contributed by atoms with Crippen LogP contribution in [0.15, 0.2) is 47.6 Å². The minimum Gasteiger partial charge on any atom is -0.388 e. The van der Waals surface area contributed by atoms with Crippen LogP contribution < -0.4 is 5.73 Å². The summed E-state index contributed by atoms with van der Waals surface area (Å²) in [6.07, 6.45) is 3.48. The fraction of sp³-hybridized carbons (Fsp3) is 0.353. The van der Waals surface area contributed by atoms with Gasteiger partial charge in [-0.2, -0.15) is 0 Å². The predicted molar refractivity (Wildman–Crippen MR) is 92.2 cm³/mol. The Kier molecular flexibility index (Phi) is 6.66. The molecule has 0 atom stereocenters. The van der Waals surface area contributed by atoms with E-state index in [1.807, 2.05) is 24.3 Å². The Hall–Kier alpha value is -1.58. The molecule has 0 spiro atoms. The molecule has 0 radical (unpaired) electrons. The summed E-state index contributed by atoms with van der Waals surface area (Å²) < 4.78 is 0. The smallest absolute Gasteiger partial charge is 0.149 e. The van der Waals surface area contributed by atoms with E-state index < -0.39 is 0 Å². The summed E-state index contributed by atoms with van der Waals surface area (Å²) in [5.74, 6) is 0. The van der Waals surface area contributed by atoms with Crippen molar-refractivity contribution in [1.29, 1.82) is 0 Å². The quantitative estimate of drug-likeness (QED) is 0.644. The van der Waals surface area contributed by atoms with Crippen LogP contribution in [-0.2, 0) is 4.84 Å². The van der Waals surface area contributed by atoms with Gasteiger partial charge in [-0.15, -0.1) is 12.4 Å². The number of hydrogen-bond acceptors (Lipinski definition) is 3. The van der Waals surface area contributed by atoms with Crippen LogP contribution in [-0.4, -0.2) is 18.4 Å². The molecule has 2 rings (SSSR count). The van der Waals surface area contributed by atoms with Crippen LogP contribution in [0.25, 0.3) is 10.8 Å². The highest BCUT2D eigenvalue weighted by molar-refractivity contribution is 5.99. The van der Waals surface area contributed by atoms with Gasteiger partial charge in [-0.1, -0.05) is 61.5 Å². The largest absolute Gasteiger partial charge is 0.388 e. The summed E-state index contributed by atoms with van der Waals surface area (Å²) in [4.78, 5) is 5.67. The second-order valence-corrected chi connectivity index (χ2v) is 4.99. The lowest BCUT2D eigenvalue weighted by atomic mass is 9.98. The van der Waals surface area contributed by atoms with Crippen LogP contribution in [0.1, 0.15) is 32.3 Å². The van der Waals surface area contributed by atoms with E-state index in [-0.39, 0.29) is 18.0 Å². The number of halogens is 1. The highest BCUT2D eigenvalue weighted by atomic mass is 35.5. The minimum atomic E-state index is -0.346. The predicted octanol–water partition coefficient (Wildman–Crippen LogP) is 4.13. The van der Waals surface area contributed by atoms with E-state index in [1.165, 1.54) is 10.8 Å². The Balaban J connectivity index is 0.00000220. The highest BCUT2D eigenvalue weighted by Gasteiger charge is 2.26. The van der Waals surface area contributed by atoms with E-state index in [1.54, 1.807) is 6.21 Å². The van der Waals surface area contributed by atoms with E-state index in [0.29, 0.717) is 6.54 Å². The molecule has 114 valence electrons. The molecule has 0 amide bonds. The maximum Gasteiger partial charge on any atom is 0.149 e. The number of hydrogen-bond donors (Lipinski definition) is 1. The summed E-state index contributed by atoms with van der Waals surface area (Å²) in [5.41, 5.74) is 6.51. The first kappa shape index (κ1) is 17.5. The lowest BCUT2D eigenvalue weighted by Crippen LogP contribution is -2.38. The van der Waals surface area contributed by atoms with E-state index >= 15 is 0 Å². The second-order valence-electron chi connectivity index (χ2n) is 4.99. The molecule has 2 N–H and O–H groups in total. The average Bonchev–Trinajstić information content (AvgIpc) is 2.52. The molecule has 0 aliphatic heterocycles. The summed E-state index contributed by atoms with van der Waals surface area (Å²) >= 11 is 0. The molecule has 0 aromatic heterocycles. The molecule has 0 saturated carbocycles. The molecule has 0 aliphatic rings. The third kappa shape index (κ3) is 3.96. The van der Waals surface area contributed by atoms with Crippen molar-refractivity contribution in [1.82, 2.24) is 0 Å². The third-order valence-electron chi connectivity index (χ3n) is 3.92. The zero-order valence-electron chi connectivity index (χ0n) is 12.6. The SMILES string of the molecule is CCC(CC)(CN)O/N=C/c1cccc2ccccc12.Cl. The molecule has 2 aromatic rings. The Morgan fingerprint density at radius 1 is 1.10 bits per heavy atom. The average molecular weight is 307 g/mol. The summed E-state index contributed by atoms with van der Waals surface area (Å²) in [7, 11) is 0. The van der Waals surface area contributed by atoms with Gasteiger partial charge >= 0.3 is 0 Å². The van der Waals surface area contributed by atoms with E-state index in [0.717, 1.165) is 18.4 Å². The number of oxime groups is 1. The first-order chi connectivity index (χ1) is 9.74. The molecule has 0 fully saturated rings. The number of fused-ring (bicyclic) bond motifs is 1. The third-order valence-corrected chi connectivity index (χ3v) is 3.92. The Morgan fingerprint density at radius 2 is 1.76 bits per heavy atom. The van der Waals surface area contributed by atoms with Crippen molar-refractivity contribution in [2.24, 2.45) is 10.9 Å². The lowest BCUT2D eigenvalue weighted by Gasteiger charge is -2.27. The molecule has 2 aromatic carbocycles. The van der Waals surface area contributed by atoms with Gasteiger partial charge in [0.15, 0.2) is 0 Å². The fourth-order valence-electron chi connectivity index (χ4n) is 2.26. The van der Waals surface area contributed by atoms with Crippen molar-refractivity contribution in [3.05, 3.63) is 48.0 Å². The normalized spacial score (nSPS) is 11.6. The van der Waals surface area contributed by atoms with Crippen LogP contribution in [0.3, 0.4) is 0 Å². The van der Waals surface area contributed by atoms with Crippen LogP contribution in [0.2, 0.25) is 0 Å². The number of nitrogens with two attached hydrogens (primary N) is 1. The zero-order valence-corrected chi connectivity index (χ0v) is 13.4. The minimum absolute atomic E-state index is 0. The van der Waals surface area contributed by atoms with Crippen LogP contribution in [0.5, 0.6) is 0 Å². The maximum atomic E-state index is 5.80. The highest BCUT2D eigenvalue weighted by Crippen LogP contribution is 2.20. The number of nitrogens with zero attached hydrogens (tertiary/aromatic N) is 1. The standard InChI is InChI=1S/C17H22N2O.ClH/c1-3-17(4-2,13-18)20-19-12-15-10-7-9-14-8-5-6-11-16(14)15;/h5-12H,3-4,13,18H2,1-2H3;1H/b19-12+;. The number of rotatable bonds is 6. The molecule has 4 heteroatoms. The van der Waals surface area contributed by atoms with Crippen molar-refractivity contribution in [2.75, 3.05) is 6.54 Å². The topological polar surface area (TPSA) is 47.6 Å². The van der Waals surface area contributed by atoms with Crippen LogP contribution in [0, 0.1) is 0 Å². The van der Waals surface area contributed by atoms with Gasteiger partial charge in [0.25, 0.3) is 0 Å². The number of benzene rings is 2. The Labute approximate surface area is 132 Å². The Bertz CT molecular complexity index is 581. The molecule has 0 aliphatic carbocycles. The summed E-state index contributed by atoms with van der Waals surface area (Å²) in [5, 5.41) is 6.55. The molecular formula is C17H23ClN2O. The molecular weight excluding hydrogens is 284 g/mol. The molecule has 0 bridgehead atoms. The van der Waals surface area contributed by atoms with E-state index in [4.69, 9.17) is 10.6 Å². The monoisotopic (exact) mass is 306 g/mol. The first-order valence-electron chi connectivity index (χ1n) is 7.14. The molecule has 0 saturated heterocycles. The molecule has 0 heterocycles. The van der Waals surface area contributed by atoms with Gasteiger partial charge in [0.2, 0.25) is 0 Å². The molecule has 21 heavy (non-hydrogen) atoms. The van der Waals surface area contributed by atoms with Gasteiger partial charge in [0.1, 0.15) is 5.60 Å². The van der Waals surface area contributed by atoms with Crippen molar-refractivity contribution >= 4 is 29.4 Å². The van der Waals surface area contributed by atoms with Gasteiger partial charge in [-0.25, -0.2) is 0 Å². The molecule has 3 nitrogen and oxygen atoms in total. The molecule has 0 unspecified atom stereocenters. The van der Waals surface area contributed by atoms with E-state index in [2.05, 4.69) is 37.2 Å². The summed E-state index contributed by atoms with van der Waals surface area (Å²) in [6.45, 7) is 4.63. The van der Waals surface area contributed by atoms with Gasteiger partial charge in [0.05, 0.1) is 6.21 Å². The van der Waals surface area contributed by atoms with Crippen molar-refractivity contribution in [3.8, 4) is 0 Å².